The van der Waals surface area contributed by atoms with Crippen LogP contribution in [0.4, 0.5) is 0 Å². The summed E-state index contributed by atoms with van der Waals surface area (Å²) in [6.45, 7) is 1.66. The van der Waals surface area contributed by atoms with Gasteiger partial charge in [-0.1, -0.05) is 13.0 Å². The molecule has 0 aliphatic rings. The summed E-state index contributed by atoms with van der Waals surface area (Å²) in [5.74, 6) is -1.35. The van der Waals surface area contributed by atoms with Gasteiger partial charge in [0.2, 0.25) is 0 Å². The summed E-state index contributed by atoms with van der Waals surface area (Å²) in [7, 11) is 0. The molecule has 1 atom stereocenters. The van der Waals surface area contributed by atoms with Crippen LogP contribution in [0.5, 0.6) is 0 Å². The Hall–Kier alpha value is -0.830. The van der Waals surface area contributed by atoms with Gasteiger partial charge in [-0.15, -0.1) is 11.3 Å². The second-order valence-electron chi connectivity index (χ2n) is 2.50. The van der Waals surface area contributed by atoms with Crippen molar-refractivity contribution < 1.29 is 9.90 Å². The monoisotopic (exact) mass is 169 g/mol. The fourth-order valence-corrected chi connectivity index (χ4v) is 1.65. The second-order valence-corrected chi connectivity index (χ2v) is 3.54. The largest absolute Gasteiger partial charge is 0.550 e. The highest BCUT2D eigenvalue weighted by molar-refractivity contribution is 7.09. The molecular formula is C8H9O2S-. The van der Waals surface area contributed by atoms with E-state index in [1.54, 1.807) is 18.3 Å². The molecule has 0 bridgehead atoms. The Balaban J connectivity index is 2.50. The molecule has 2 nitrogen and oxygen atoms in total. The van der Waals surface area contributed by atoms with Crippen LogP contribution in [-0.4, -0.2) is 5.97 Å². The van der Waals surface area contributed by atoms with Crippen LogP contribution in [0.2, 0.25) is 0 Å². The van der Waals surface area contributed by atoms with E-state index in [1.807, 2.05) is 17.5 Å². The summed E-state index contributed by atoms with van der Waals surface area (Å²) in [6, 6.07) is 3.85. The zero-order valence-corrected chi connectivity index (χ0v) is 7.06. The maximum Gasteiger partial charge on any atom is 0.0446 e. The lowest BCUT2D eigenvalue weighted by molar-refractivity contribution is -0.310. The molecular weight excluding hydrogens is 160 g/mol. The lowest BCUT2D eigenvalue weighted by atomic mass is 10.1. The summed E-state index contributed by atoms with van der Waals surface area (Å²) in [6.07, 6.45) is 0.583. The molecule has 0 amide bonds. The highest BCUT2D eigenvalue weighted by Crippen LogP contribution is 2.13. The number of hydrogen-bond acceptors (Lipinski definition) is 3. The molecule has 1 aromatic rings. The molecule has 60 valence electrons. The van der Waals surface area contributed by atoms with Crippen LogP contribution in [0.1, 0.15) is 11.8 Å². The fraction of sp³-hybridized carbons (Fsp3) is 0.375. The Morgan fingerprint density at radius 1 is 1.82 bits per heavy atom. The first-order valence-electron chi connectivity index (χ1n) is 3.43. The Labute approximate surface area is 69.5 Å². The van der Waals surface area contributed by atoms with E-state index in [4.69, 9.17) is 0 Å². The van der Waals surface area contributed by atoms with Crippen molar-refractivity contribution in [3.63, 3.8) is 0 Å². The van der Waals surface area contributed by atoms with E-state index in [0.717, 1.165) is 4.88 Å². The first kappa shape index (κ1) is 8.27. The van der Waals surface area contributed by atoms with Crippen molar-refractivity contribution in [1.29, 1.82) is 0 Å². The number of rotatable bonds is 3. The van der Waals surface area contributed by atoms with Crippen LogP contribution in [-0.2, 0) is 11.2 Å². The van der Waals surface area contributed by atoms with Gasteiger partial charge in [0.15, 0.2) is 0 Å². The molecule has 3 heteroatoms. The van der Waals surface area contributed by atoms with Gasteiger partial charge in [0, 0.05) is 16.8 Å². The van der Waals surface area contributed by atoms with Crippen LogP contribution in [0.3, 0.4) is 0 Å². The van der Waals surface area contributed by atoms with Crippen molar-refractivity contribution in [3.05, 3.63) is 22.4 Å². The molecule has 0 radical (unpaired) electrons. The molecule has 0 spiro atoms. The van der Waals surface area contributed by atoms with Crippen LogP contribution >= 0.6 is 11.3 Å². The molecule has 1 rings (SSSR count). The van der Waals surface area contributed by atoms with Gasteiger partial charge in [0.1, 0.15) is 0 Å². The number of hydrogen-bond donors (Lipinski definition) is 0. The molecule has 1 heterocycles. The van der Waals surface area contributed by atoms with Gasteiger partial charge in [-0.2, -0.15) is 0 Å². The topological polar surface area (TPSA) is 40.1 Å². The molecule has 0 unspecified atom stereocenters. The van der Waals surface area contributed by atoms with Gasteiger partial charge >= 0.3 is 0 Å². The fourth-order valence-electron chi connectivity index (χ4n) is 0.814. The van der Waals surface area contributed by atoms with Crippen LogP contribution < -0.4 is 5.11 Å². The Morgan fingerprint density at radius 2 is 2.55 bits per heavy atom. The van der Waals surface area contributed by atoms with Crippen molar-refractivity contribution in [3.8, 4) is 0 Å². The van der Waals surface area contributed by atoms with E-state index in [0.29, 0.717) is 6.42 Å². The SMILES string of the molecule is C[C@@H](Cc1cccs1)C(=O)[O-]. The number of carbonyl (C=O) groups excluding carboxylic acids is 1. The van der Waals surface area contributed by atoms with Gasteiger partial charge in [-0.3, -0.25) is 0 Å². The minimum atomic E-state index is -0.974. The highest BCUT2D eigenvalue weighted by Gasteiger charge is 2.03. The number of thiophene rings is 1. The maximum absolute atomic E-state index is 10.3. The first-order chi connectivity index (χ1) is 5.20. The molecule has 0 aliphatic carbocycles. The van der Waals surface area contributed by atoms with E-state index < -0.39 is 5.97 Å². The average molecular weight is 169 g/mol. The summed E-state index contributed by atoms with van der Waals surface area (Å²) in [4.78, 5) is 11.4. The van der Waals surface area contributed by atoms with E-state index in [-0.39, 0.29) is 5.92 Å². The number of aliphatic carboxylic acids is 1. The zero-order chi connectivity index (χ0) is 8.27. The maximum atomic E-state index is 10.3. The van der Waals surface area contributed by atoms with Gasteiger partial charge < -0.3 is 9.90 Å². The predicted molar refractivity (Wildman–Crippen MR) is 42.2 cm³/mol. The smallest absolute Gasteiger partial charge is 0.0446 e. The van der Waals surface area contributed by atoms with Crippen molar-refractivity contribution in [2.75, 3.05) is 0 Å². The molecule has 0 fully saturated rings. The van der Waals surface area contributed by atoms with Gasteiger partial charge in [-0.05, 0) is 17.9 Å². The third-order valence-corrected chi connectivity index (χ3v) is 2.39. The number of carbonyl (C=O) groups is 1. The van der Waals surface area contributed by atoms with E-state index in [2.05, 4.69) is 0 Å². The Kier molecular flexibility index (Phi) is 2.65. The third-order valence-electron chi connectivity index (χ3n) is 1.49. The first-order valence-corrected chi connectivity index (χ1v) is 4.31. The van der Waals surface area contributed by atoms with Crippen LogP contribution in [0.15, 0.2) is 17.5 Å². The molecule has 0 saturated carbocycles. The molecule has 0 N–H and O–H groups in total. The van der Waals surface area contributed by atoms with Crippen LogP contribution in [0, 0.1) is 5.92 Å². The van der Waals surface area contributed by atoms with Crippen molar-refractivity contribution in [1.82, 2.24) is 0 Å². The van der Waals surface area contributed by atoms with E-state index in [1.165, 1.54) is 0 Å². The third kappa shape index (κ3) is 2.35. The lowest BCUT2D eigenvalue weighted by Gasteiger charge is -2.09. The Morgan fingerprint density at radius 3 is 3.00 bits per heavy atom. The summed E-state index contributed by atoms with van der Waals surface area (Å²) in [5, 5.41) is 12.3. The lowest BCUT2D eigenvalue weighted by Crippen LogP contribution is -2.30. The van der Waals surface area contributed by atoms with Gasteiger partial charge in [-0.25, -0.2) is 0 Å². The second kappa shape index (κ2) is 3.53. The summed E-state index contributed by atoms with van der Waals surface area (Å²) < 4.78 is 0. The molecule has 0 aliphatic heterocycles. The number of carboxylic acid groups (broad SMARTS) is 1. The van der Waals surface area contributed by atoms with Gasteiger partial charge in [0.05, 0.1) is 0 Å². The van der Waals surface area contributed by atoms with Crippen LogP contribution in [0.25, 0.3) is 0 Å². The quantitative estimate of drug-likeness (QED) is 0.667. The minimum absolute atomic E-state index is 0.381. The van der Waals surface area contributed by atoms with E-state index >= 15 is 0 Å². The molecule has 11 heavy (non-hydrogen) atoms. The van der Waals surface area contributed by atoms with E-state index in [9.17, 15) is 9.90 Å². The number of carboxylic acids is 1. The normalized spacial score (nSPS) is 12.8. The Bertz CT molecular complexity index is 228. The minimum Gasteiger partial charge on any atom is -0.550 e. The summed E-state index contributed by atoms with van der Waals surface area (Å²) >= 11 is 1.58. The standard InChI is InChI=1S/C8H10O2S/c1-6(8(9)10)5-7-3-2-4-11-7/h2-4,6H,5H2,1H3,(H,9,10)/p-1/t6-/m0/s1. The van der Waals surface area contributed by atoms with Gasteiger partial charge in [0.25, 0.3) is 0 Å². The van der Waals surface area contributed by atoms with Crippen molar-refractivity contribution in [2.24, 2.45) is 5.92 Å². The van der Waals surface area contributed by atoms with Crippen molar-refractivity contribution in [2.45, 2.75) is 13.3 Å². The zero-order valence-electron chi connectivity index (χ0n) is 6.24. The molecule has 0 aromatic carbocycles. The summed E-state index contributed by atoms with van der Waals surface area (Å²) in [5.41, 5.74) is 0. The predicted octanol–water partition coefficient (Wildman–Crippen LogP) is 0.677. The average Bonchev–Trinajstić information content (AvgIpc) is 2.39. The highest BCUT2D eigenvalue weighted by atomic mass is 32.1. The van der Waals surface area contributed by atoms with Crippen molar-refractivity contribution >= 4 is 17.3 Å². The molecule has 1 aromatic heterocycles. The molecule has 0 saturated heterocycles.